The molecule has 0 unspecified atom stereocenters. The van der Waals surface area contributed by atoms with Gasteiger partial charge in [-0.05, 0) is 17.7 Å². The van der Waals surface area contributed by atoms with Crippen LogP contribution in [0.2, 0.25) is 10.0 Å². The molecular weight excluding hydrogens is 401 g/mol. The Bertz CT molecular complexity index is 903. The topological polar surface area (TPSA) is 71.0 Å². The Morgan fingerprint density at radius 3 is 2.79 bits per heavy atom. The molecule has 3 rings (SSSR count). The highest BCUT2D eigenvalue weighted by molar-refractivity contribution is 6.36. The fourth-order valence-corrected chi connectivity index (χ4v) is 3.73. The zero-order valence-corrected chi connectivity index (χ0v) is 16.7. The highest BCUT2D eigenvalue weighted by Crippen LogP contribution is 2.31. The number of hydrazone groups is 1. The van der Waals surface area contributed by atoms with Crippen molar-refractivity contribution >= 4 is 41.2 Å². The molecule has 1 aliphatic heterocycles. The summed E-state index contributed by atoms with van der Waals surface area (Å²) >= 11 is 12.0. The lowest BCUT2D eigenvalue weighted by Gasteiger charge is -2.15. The van der Waals surface area contributed by atoms with Crippen LogP contribution in [0.1, 0.15) is 23.5 Å². The van der Waals surface area contributed by atoms with E-state index in [0.29, 0.717) is 34.3 Å². The summed E-state index contributed by atoms with van der Waals surface area (Å²) in [6, 6.07) is 13.0. The van der Waals surface area contributed by atoms with Crippen molar-refractivity contribution in [3.63, 3.8) is 0 Å². The number of methoxy groups -OCH3 is 1. The molecule has 1 saturated heterocycles. The van der Waals surface area contributed by atoms with Crippen LogP contribution in [0, 0.1) is 0 Å². The van der Waals surface area contributed by atoms with Gasteiger partial charge in [0.1, 0.15) is 12.3 Å². The highest BCUT2D eigenvalue weighted by Gasteiger charge is 2.31. The molecule has 0 saturated carbocycles. The first-order valence-corrected chi connectivity index (χ1v) is 9.41. The van der Waals surface area contributed by atoms with Gasteiger partial charge in [-0.2, -0.15) is 5.10 Å². The summed E-state index contributed by atoms with van der Waals surface area (Å²) in [4.78, 5) is 25.9. The Balaban J connectivity index is 1.58. The molecule has 1 fully saturated rings. The molecule has 8 heteroatoms. The third kappa shape index (κ3) is 4.82. The zero-order chi connectivity index (χ0) is 20.1. The van der Waals surface area contributed by atoms with E-state index in [1.807, 2.05) is 30.3 Å². The third-order valence-corrected chi connectivity index (χ3v) is 4.95. The number of ether oxygens (including phenoxy) is 1. The number of likely N-dealkylation sites (tertiary alicyclic amines) is 1. The van der Waals surface area contributed by atoms with Crippen LogP contribution < -0.4 is 10.2 Å². The normalized spacial score (nSPS) is 16.6. The molecule has 28 heavy (non-hydrogen) atoms. The van der Waals surface area contributed by atoms with Gasteiger partial charge >= 0.3 is 0 Å². The van der Waals surface area contributed by atoms with Gasteiger partial charge in [0, 0.05) is 29.5 Å². The van der Waals surface area contributed by atoms with E-state index in [9.17, 15) is 9.59 Å². The number of benzene rings is 2. The quantitative estimate of drug-likeness (QED) is 0.575. The predicted molar refractivity (Wildman–Crippen MR) is 109 cm³/mol. The molecule has 0 spiro atoms. The predicted octanol–water partition coefficient (Wildman–Crippen LogP) is 3.47. The van der Waals surface area contributed by atoms with Gasteiger partial charge in [-0.3, -0.25) is 9.59 Å². The molecule has 0 radical (unpaired) electrons. The maximum Gasteiger partial charge on any atom is 0.259 e. The monoisotopic (exact) mass is 419 g/mol. The average molecular weight is 420 g/mol. The van der Waals surface area contributed by atoms with Crippen LogP contribution in [-0.2, 0) is 9.59 Å². The number of carbonyl (C=O) groups is 2. The van der Waals surface area contributed by atoms with Crippen molar-refractivity contribution in [2.75, 3.05) is 20.2 Å². The molecular formula is C20H19Cl2N3O3. The van der Waals surface area contributed by atoms with Crippen LogP contribution in [0.4, 0.5) is 0 Å². The lowest BCUT2D eigenvalue weighted by Crippen LogP contribution is -2.36. The van der Waals surface area contributed by atoms with Crippen LogP contribution in [0.15, 0.2) is 47.6 Å². The van der Waals surface area contributed by atoms with E-state index in [-0.39, 0.29) is 24.3 Å². The maximum atomic E-state index is 12.2. The van der Waals surface area contributed by atoms with Crippen molar-refractivity contribution in [1.82, 2.24) is 10.3 Å². The molecule has 6 nitrogen and oxygen atoms in total. The van der Waals surface area contributed by atoms with E-state index in [1.54, 1.807) is 17.0 Å². The van der Waals surface area contributed by atoms with Crippen LogP contribution in [0.25, 0.3) is 0 Å². The van der Waals surface area contributed by atoms with Gasteiger partial charge in [0.15, 0.2) is 0 Å². The van der Waals surface area contributed by atoms with Gasteiger partial charge in [-0.15, -0.1) is 0 Å². The largest absolute Gasteiger partial charge is 0.495 e. The first-order valence-electron chi connectivity index (χ1n) is 8.65. The van der Waals surface area contributed by atoms with Crippen LogP contribution in [-0.4, -0.2) is 43.1 Å². The standard InChI is InChI=1S/C20H19Cl2N3O3/c1-28-20-14(7-16(21)9-17(20)22)10-23-24-18(26)12-25-11-15(8-19(25)27)13-5-3-2-4-6-13/h2-7,9-10,15H,8,11-12H2,1H3,(H,24,26)/b23-10-/t15-/m0/s1. The van der Waals surface area contributed by atoms with Gasteiger partial charge in [-0.1, -0.05) is 53.5 Å². The lowest BCUT2D eigenvalue weighted by atomic mass is 9.99. The second-order valence-corrected chi connectivity index (χ2v) is 7.23. The second kappa shape index (κ2) is 9.08. The number of nitrogens with one attached hydrogen (secondary N) is 1. The molecule has 0 bridgehead atoms. The minimum atomic E-state index is -0.384. The van der Waals surface area contributed by atoms with Crippen molar-refractivity contribution in [2.24, 2.45) is 5.10 Å². The van der Waals surface area contributed by atoms with Gasteiger partial charge < -0.3 is 9.64 Å². The van der Waals surface area contributed by atoms with E-state index in [2.05, 4.69) is 10.5 Å². The molecule has 2 amide bonds. The first kappa shape index (κ1) is 20.2. The smallest absolute Gasteiger partial charge is 0.259 e. The Hall–Kier alpha value is -2.57. The summed E-state index contributed by atoms with van der Waals surface area (Å²) in [6.07, 6.45) is 1.80. The van der Waals surface area contributed by atoms with E-state index in [4.69, 9.17) is 27.9 Å². The molecule has 0 aromatic heterocycles. The van der Waals surface area contributed by atoms with Crippen molar-refractivity contribution in [3.05, 3.63) is 63.6 Å². The average Bonchev–Trinajstić information content (AvgIpc) is 3.02. The van der Waals surface area contributed by atoms with Crippen LogP contribution in [0.5, 0.6) is 5.75 Å². The maximum absolute atomic E-state index is 12.2. The number of rotatable bonds is 6. The number of hydrogen-bond acceptors (Lipinski definition) is 4. The fourth-order valence-electron chi connectivity index (χ4n) is 3.15. The summed E-state index contributed by atoms with van der Waals surface area (Å²) in [5.41, 5.74) is 4.05. The number of amides is 2. The Morgan fingerprint density at radius 2 is 2.07 bits per heavy atom. The van der Waals surface area contributed by atoms with Crippen LogP contribution >= 0.6 is 23.2 Å². The fraction of sp³-hybridized carbons (Fsp3) is 0.250. The summed E-state index contributed by atoms with van der Waals surface area (Å²) in [7, 11) is 1.48. The SMILES string of the molecule is COc1c(Cl)cc(Cl)cc1/C=N\NC(=O)CN1C[C@@H](c2ccccc2)CC1=O. The molecule has 1 atom stereocenters. The van der Waals surface area contributed by atoms with Crippen molar-refractivity contribution in [3.8, 4) is 5.75 Å². The number of halogens is 2. The van der Waals surface area contributed by atoms with Gasteiger partial charge in [-0.25, -0.2) is 5.43 Å². The summed E-state index contributed by atoms with van der Waals surface area (Å²) in [5.74, 6) is 0.0778. The minimum absolute atomic E-state index is 0.0451. The zero-order valence-electron chi connectivity index (χ0n) is 15.2. The van der Waals surface area contributed by atoms with Crippen molar-refractivity contribution in [1.29, 1.82) is 0 Å². The van der Waals surface area contributed by atoms with Crippen molar-refractivity contribution in [2.45, 2.75) is 12.3 Å². The molecule has 1 aliphatic rings. The minimum Gasteiger partial charge on any atom is -0.495 e. The first-order chi connectivity index (χ1) is 13.5. The molecule has 1 N–H and O–H groups in total. The Kier molecular flexibility index (Phi) is 6.54. The highest BCUT2D eigenvalue weighted by atomic mass is 35.5. The van der Waals surface area contributed by atoms with Crippen LogP contribution in [0.3, 0.4) is 0 Å². The van der Waals surface area contributed by atoms with Gasteiger partial charge in [0.05, 0.1) is 18.3 Å². The molecule has 0 aliphatic carbocycles. The Labute approximate surface area is 173 Å². The molecule has 2 aromatic carbocycles. The number of hydrogen-bond donors (Lipinski definition) is 1. The Morgan fingerprint density at radius 1 is 1.32 bits per heavy atom. The van der Waals surface area contributed by atoms with E-state index in [1.165, 1.54) is 13.3 Å². The number of carbonyl (C=O) groups excluding carboxylic acids is 2. The van der Waals surface area contributed by atoms with E-state index in [0.717, 1.165) is 5.56 Å². The van der Waals surface area contributed by atoms with Gasteiger partial charge in [0.25, 0.3) is 5.91 Å². The number of nitrogens with zero attached hydrogens (tertiary/aromatic N) is 2. The summed E-state index contributed by atoms with van der Waals surface area (Å²) < 4.78 is 5.22. The van der Waals surface area contributed by atoms with Gasteiger partial charge in [0.2, 0.25) is 5.91 Å². The van der Waals surface area contributed by atoms with E-state index < -0.39 is 0 Å². The van der Waals surface area contributed by atoms with Crippen molar-refractivity contribution < 1.29 is 14.3 Å². The lowest BCUT2D eigenvalue weighted by molar-refractivity contribution is -0.133. The molecule has 1 heterocycles. The van der Waals surface area contributed by atoms with E-state index >= 15 is 0 Å². The molecule has 2 aromatic rings. The summed E-state index contributed by atoms with van der Waals surface area (Å²) in [6.45, 7) is 0.463. The summed E-state index contributed by atoms with van der Waals surface area (Å²) in [5, 5.41) is 4.69. The third-order valence-electron chi connectivity index (χ3n) is 4.45. The second-order valence-electron chi connectivity index (χ2n) is 6.39. The molecule has 146 valence electrons.